The smallest absolute Gasteiger partial charge is 0.338 e. The predicted molar refractivity (Wildman–Crippen MR) is 94.5 cm³/mol. The van der Waals surface area contributed by atoms with Crippen molar-refractivity contribution in [2.45, 2.75) is 33.6 Å². The summed E-state index contributed by atoms with van der Waals surface area (Å²) in [6.07, 6.45) is 6.98. The number of ketones is 1. The van der Waals surface area contributed by atoms with Gasteiger partial charge in [0.2, 0.25) is 0 Å². The maximum Gasteiger partial charge on any atom is 0.338 e. The zero-order valence-corrected chi connectivity index (χ0v) is 14.4. The van der Waals surface area contributed by atoms with Gasteiger partial charge in [-0.1, -0.05) is 31.8 Å². The number of Topliss-reactive ketones (excluding diaryl/α,β-unsaturated/α-hetero) is 1. The molecule has 0 bridgehead atoms. The van der Waals surface area contributed by atoms with Crippen LogP contribution in [0.3, 0.4) is 0 Å². The molecule has 0 saturated carbocycles. The summed E-state index contributed by atoms with van der Waals surface area (Å²) in [7, 11) is 0. The Kier molecular flexibility index (Phi) is 5.76. The molecular weight excluding hydrogens is 300 g/mol. The lowest BCUT2D eigenvalue weighted by molar-refractivity contribution is -0.116. The van der Waals surface area contributed by atoms with Crippen molar-refractivity contribution in [3.63, 3.8) is 0 Å². The second-order valence-electron chi connectivity index (χ2n) is 6.41. The normalized spacial score (nSPS) is 16.3. The summed E-state index contributed by atoms with van der Waals surface area (Å²) in [5, 5.41) is 0. The largest absolute Gasteiger partial charge is 0.462 e. The van der Waals surface area contributed by atoms with Crippen LogP contribution >= 0.6 is 0 Å². The molecule has 0 amide bonds. The molecule has 1 aliphatic rings. The number of hydrogen-bond acceptors (Lipinski definition) is 3. The average Bonchev–Trinajstić information content (AvgIpc) is 2.55. The minimum Gasteiger partial charge on any atom is -0.462 e. The fraction of sp³-hybridized carbons (Fsp3) is 0.333. The molecule has 0 unspecified atom stereocenters. The lowest BCUT2D eigenvalue weighted by Gasteiger charge is -2.25. The van der Waals surface area contributed by atoms with Gasteiger partial charge in [0.15, 0.2) is 5.78 Å². The fourth-order valence-electron chi connectivity index (χ4n) is 2.46. The second kappa shape index (κ2) is 7.79. The van der Waals surface area contributed by atoms with E-state index < -0.39 is 0 Å². The number of hydrogen-bond donors (Lipinski definition) is 0. The Balaban J connectivity index is 2.04. The van der Waals surface area contributed by atoms with E-state index in [4.69, 9.17) is 4.74 Å². The highest BCUT2D eigenvalue weighted by molar-refractivity contribution is 5.99. The summed E-state index contributed by atoms with van der Waals surface area (Å²) in [4.78, 5) is 23.5. The van der Waals surface area contributed by atoms with Crippen LogP contribution in [0.5, 0.6) is 0 Å². The first-order valence-corrected chi connectivity index (χ1v) is 8.12. The van der Waals surface area contributed by atoms with E-state index >= 15 is 0 Å². The van der Waals surface area contributed by atoms with Crippen LogP contribution in [0, 0.1) is 17.3 Å². The number of ether oxygens (including phenoxy) is 1. The Morgan fingerprint density at radius 1 is 1.29 bits per heavy atom. The van der Waals surface area contributed by atoms with Crippen LogP contribution in [0.1, 0.15) is 49.5 Å². The van der Waals surface area contributed by atoms with Gasteiger partial charge < -0.3 is 4.74 Å². The number of benzene rings is 1. The molecule has 1 aromatic rings. The van der Waals surface area contributed by atoms with E-state index in [1.54, 1.807) is 43.3 Å². The van der Waals surface area contributed by atoms with Gasteiger partial charge >= 0.3 is 5.97 Å². The summed E-state index contributed by atoms with van der Waals surface area (Å²) in [6, 6.07) is 6.95. The third kappa shape index (κ3) is 4.96. The monoisotopic (exact) mass is 322 g/mol. The number of allylic oxidation sites excluding steroid dienone is 4. The minimum absolute atomic E-state index is 0.0595. The highest BCUT2D eigenvalue weighted by Crippen LogP contribution is 2.31. The molecule has 0 atom stereocenters. The molecule has 1 aromatic carbocycles. The van der Waals surface area contributed by atoms with Crippen LogP contribution in [-0.4, -0.2) is 18.4 Å². The van der Waals surface area contributed by atoms with E-state index in [0.29, 0.717) is 18.6 Å². The second-order valence-corrected chi connectivity index (χ2v) is 6.41. The predicted octanol–water partition coefficient (Wildman–Crippen LogP) is 4.09. The van der Waals surface area contributed by atoms with E-state index in [2.05, 4.69) is 25.7 Å². The van der Waals surface area contributed by atoms with Gasteiger partial charge in [-0.25, -0.2) is 4.79 Å². The Bertz CT molecular complexity index is 738. The van der Waals surface area contributed by atoms with Crippen molar-refractivity contribution in [2.75, 3.05) is 6.61 Å². The molecular formula is C21H22O3. The van der Waals surface area contributed by atoms with Gasteiger partial charge in [-0.2, -0.15) is 0 Å². The molecule has 1 aliphatic carbocycles. The first kappa shape index (κ1) is 17.7. The van der Waals surface area contributed by atoms with Gasteiger partial charge in [-0.15, -0.1) is 0 Å². The van der Waals surface area contributed by atoms with Crippen LogP contribution in [-0.2, 0) is 9.53 Å². The minimum atomic E-state index is -0.331. The van der Waals surface area contributed by atoms with Gasteiger partial charge in [-0.05, 0) is 55.2 Å². The van der Waals surface area contributed by atoms with Gasteiger partial charge in [0.1, 0.15) is 0 Å². The van der Waals surface area contributed by atoms with Crippen LogP contribution < -0.4 is 0 Å². The molecule has 0 saturated heterocycles. The molecule has 0 heterocycles. The highest BCUT2D eigenvalue weighted by atomic mass is 16.5. The molecule has 0 N–H and O–H groups in total. The maximum absolute atomic E-state index is 11.9. The zero-order valence-electron chi connectivity index (χ0n) is 14.4. The zero-order chi connectivity index (χ0) is 17.6. The van der Waals surface area contributed by atoms with Gasteiger partial charge in [0.25, 0.3) is 0 Å². The first-order chi connectivity index (χ1) is 11.4. The number of esters is 1. The molecule has 0 spiro atoms. The van der Waals surface area contributed by atoms with E-state index in [9.17, 15) is 9.59 Å². The molecule has 2 rings (SSSR count). The molecule has 0 aromatic heterocycles. The Hall–Kier alpha value is -2.60. The van der Waals surface area contributed by atoms with Crippen LogP contribution in [0.2, 0.25) is 0 Å². The molecule has 0 fully saturated rings. The Morgan fingerprint density at radius 2 is 2.00 bits per heavy atom. The summed E-state index contributed by atoms with van der Waals surface area (Å²) in [5.74, 6) is 5.76. The van der Waals surface area contributed by atoms with Crippen molar-refractivity contribution in [1.29, 1.82) is 0 Å². The molecule has 3 heteroatoms. The molecule has 24 heavy (non-hydrogen) atoms. The fourth-order valence-corrected chi connectivity index (χ4v) is 2.46. The lowest BCUT2D eigenvalue weighted by atomic mass is 9.79. The van der Waals surface area contributed by atoms with E-state index in [1.807, 2.05) is 6.08 Å². The summed E-state index contributed by atoms with van der Waals surface area (Å²) < 4.78 is 4.94. The number of carbonyl (C=O) groups is 2. The first-order valence-electron chi connectivity index (χ1n) is 8.12. The summed E-state index contributed by atoms with van der Waals surface area (Å²) in [6.45, 7) is 6.39. The summed E-state index contributed by atoms with van der Waals surface area (Å²) >= 11 is 0. The van der Waals surface area contributed by atoms with Gasteiger partial charge in [-0.3, -0.25) is 4.79 Å². The Morgan fingerprint density at radius 3 is 2.67 bits per heavy atom. The van der Waals surface area contributed by atoms with Crippen LogP contribution in [0.4, 0.5) is 0 Å². The SMILES string of the molecule is CCOC(=O)c1ccc(C#CC=CC2=CC(C)(C)CCC2=O)cc1. The van der Waals surface area contributed by atoms with Crippen molar-refractivity contribution in [2.24, 2.45) is 5.41 Å². The maximum atomic E-state index is 11.9. The Labute approximate surface area is 143 Å². The quantitative estimate of drug-likeness (QED) is 0.622. The third-order valence-corrected chi connectivity index (χ3v) is 3.82. The summed E-state index contributed by atoms with van der Waals surface area (Å²) in [5.41, 5.74) is 2.11. The van der Waals surface area contributed by atoms with Gasteiger partial charge in [0.05, 0.1) is 12.2 Å². The number of rotatable bonds is 3. The third-order valence-electron chi connectivity index (χ3n) is 3.82. The average molecular weight is 322 g/mol. The topological polar surface area (TPSA) is 43.4 Å². The van der Waals surface area contributed by atoms with Crippen LogP contribution in [0.15, 0.2) is 48.1 Å². The van der Waals surface area contributed by atoms with Crippen molar-refractivity contribution in [3.05, 3.63) is 59.2 Å². The van der Waals surface area contributed by atoms with Gasteiger partial charge in [0, 0.05) is 17.6 Å². The van der Waals surface area contributed by atoms with Crippen LogP contribution in [0.25, 0.3) is 0 Å². The van der Waals surface area contributed by atoms with Crippen molar-refractivity contribution < 1.29 is 14.3 Å². The van der Waals surface area contributed by atoms with E-state index in [1.165, 1.54) is 0 Å². The highest BCUT2D eigenvalue weighted by Gasteiger charge is 2.24. The molecule has 0 radical (unpaired) electrons. The van der Waals surface area contributed by atoms with Crippen molar-refractivity contribution >= 4 is 11.8 Å². The molecule has 0 aliphatic heterocycles. The molecule has 124 valence electrons. The van der Waals surface area contributed by atoms with E-state index in [-0.39, 0.29) is 17.2 Å². The molecule has 3 nitrogen and oxygen atoms in total. The van der Waals surface area contributed by atoms with Crippen molar-refractivity contribution in [3.8, 4) is 11.8 Å². The van der Waals surface area contributed by atoms with E-state index in [0.717, 1.165) is 17.6 Å². The lowest BCUT2D eigenvalue weighted by Crippen LogP contribution is -2.18. The standard InChI is InChI=1S/C21H22O3/c1-4-24-20(23)17-11-9-16(10-12-17)7-5-6-8-18-15-21(2,3)14-13-19(18)22/h6,8-12,15H,4,13-14H2,1-3H3. The number of carbonyl (C=O) groups excluding carboxylic acids is 2. The van der Waals surface area contributed by atoms with Crippen molar-refractivity contribution in [1.82, 2.24) is 0 Å².